The lowest BCUT2D eigenvalue weighted by molar-refractivity contribution is -0.394. The first kappa shape index (κ1) is 20.4. The van der Waals surface area contributed by atoms with Crippen LogP contribution in [0.15, 0.2) is 40.8 Å². The van der Waals surface area contributed by atoms with Crippen LogP contribution >= 0.6 is 11.3 Å². The van der Waals surface area contributed by atoms with Crippen LogP contribution in [0.5, 0.6) is 0 Å². The average Bonchev–Trinajstić information content (AvgIpc) is 3.12. The van der Waals surface area contributed by atoms with Crippen molar-refractivity contribution in [2.45, 2.75) is 12.4 Å². The van der Waals surface area contributed by atoms with Gasteiger partial charge >= 0.3 is 0 Å². The smallest absolute Gasteiger partial charge is 0.277 e. The van der Waals surface area contributed by atoms with Crippen LogP contribution in [-0.2, 0) is 9.47 Å². The molecule has 3 aliphatic rings. The van der Waals surface area contributed by atoms with Gasteiger partial charge in [-0.05, 0) is 11.4 Å². The summed E-state index contributed by atoms with van der Waals surface area (Å²) >= 11 is 1.35. The molecule has 0 unspecified atom stereocenters. The van der Waals surface area contributed by atoms with Gasteiger partial charge in [-0.15, -0.1) is 11.3 Å². The summed E-state index contributed by atoms with van der Waals surface area (Å²) in [5.41, 5.74) is 1.14. The predicted molar refractivity (Wildman–Crippen MR) is 108 cm³/mol. The summed E-state index contributed by atoms with van der Waals surface area (Å²) in [7, 11) is 0. The fourth-order valence-electron chi connectivity index (χ4n) is 4.28. The van der Waals surface area contributed by atoms with Crippen molar-refractivity contribution in [3.63, 3.8) is 0 Å². The van der Waals surface area contributed by atoms with Crippen molar-refractivity contribution in [1.29, 1.82) is 0 Å². The highest BCUT2D eigenvalue weighted by Gasteiger charge is 2.67. The van der Waals surface area contributed by atoms with Crippen LogP contribution in [0.25, 0.3) is 0 Å². The number of nitro benzene ring substituents is 2. The van der Waals surface area contributed by atoms with E-state index in [1.165, 1.54) is 11.3 Å². The number of benzene rings is 1. The molecule has 1 saturated carbocycles. The molecule has 32 heavy (non-hydrogen) atoms. The van der Waals surface area contributed by atoms with E-state index in [0.29, 0.717) is 17.2 Å². The highest BCUT2D eigenvalue weighted by molar-refractivity contribution is 7.12. The summed E-state index contributed by atoms with van der Waals surface area (Å²) in [5, 5.41) is 28.0. The van der Waals surface area contributed by atoms with E-state index in [-0.39, 0.29) is 35.2 Å². The van der Waals surface area contributed by atoms with E-state index in [2.05, 4.69) is 10.5 Å². The molecule has 3 heterocycles. The zero-order valence-corrected chi connectivity index (χ0v) is 16.9. The lowest BCUT2D eigenvalue weighted by atomic mass is 10.1. The molecule has 2 aliphatic heterocycles. The molecule has 1 aromatic heterocycles. The zero-order chi connectivity index (χ0) is 22.6. The molecule has 1 N–H and O–H groups in total. The number of amides is 1. The number of fused-ring (bicyclic) bond motifs is 4. The molecule has 3 fully saturated rings. The second-order valence-corrected chi connectivity index (χ2v) is 8.49. The van der Waals surface area contributed by atoms with Gasteiger partial charge < -0.3 is 9.47 Å². The summed E-state index contributed by atoms with van der Waals surface area (Å²) in [6.45, 7) is 0.310. The fraction of sp³-hybridized carbons (Fsp3) is 0.316. The number of nitrogens with zero attached hydrogens (tertiary/aromatic N) is 3. The Morgan fingerprint density at radius 1 is 1.16 bits per heavy atom. The van der Waals surface area contributed by atoms with Crippen molar-refractivity contribution in [2.75, 3.05) is 6.61 Å². The third kappa shape index (κ3) is 3.36. The number of carbonyl (C=O) groups excluding carboxylic acids is 2. The molecule has 2 saturated heterocycles. The topological polar surface area (TPSA) is 163 Å². The predicted octanol–water partition coefficient (Wildman–Crippen LogP) is 2.15. The van der Waals surface area contributed by atoms with Gasteiger partial charge in [-0.25, -0.2) is 5.43 Å². The van der Waals surface area contributed by atoms with E-state index in [1.807, 2.05) is 5.38 Å². The SMILES string of the molecule is O=C(NN=C1[C@H]2OC[C@@H](O2)[C@@H]2[C@H](C(=O)c3cccs3)[C@H]12)c1cc([N+](=O)[O-])cc([N+](=O)[O-])c1. The number of Topliss-reactive ketones (excluding diaryl/α,β-unsaturated/α-hetero) is 1. The van der Waals surface area contributed by atoms with Crippen LogP contribution in [0, 0.1) is 38.0 Å². The van der Waals surface area contributed by atoms with Crippen molar-refractivity contribution in [3.8, 4) is 0 Å². The first-order valence-electron chi connectivity index (χ1n) is 9.51. The maximum atomic E-state index is 12.9. The third-order valence-corrected chi connectivity index (χ3v) is 6.62. The van der Waals surface area contributed by atoms with Gasteiger partial charge in [-0.2, -0.15) is 5.10 Å². The Kier molecular flexibility index (Phi) is 4.80. The first-order chi connectivity index (χ1) is 15.3. The summed E-state index contributed by atoms with van der Waals surface area (Å²) in [6.07, 6.45) is -1.03. The number of rotatable bonds is 6. The number of carbonyl (C=O) groups is 2. The number of ketones is 1. The lowest BCUT2D eigenvalue weighted by Crippen LogP contribution is -2.33. The Morgan fingerprint density at radius 3 is 2.50 bits per heavy atom. The van der Waals surface area contributed by atoms with E-state index in [4.69, 9.17) is 9.47 Å². The minimum absolute atomic E-state index is 0.0144. The lowest BCUT2D eigenvalue weighted by Gasteiger charge is -2.18. The summed E-state index contributed by atoms with van der Waals surface area (Å²) in [4.78, 5) is 46.5. The second-order valence-electron chi connectivity index (χ2n) is 7.54. The molecule has 164 valence electrons. The molecule has 1 amide bonds. The molecule has 1 aliphatic carbocycles. The number of nitro groups is 2. The van der Waals surface area contributed by atoms with Crippen molar-refractivity contribution in [2.24, 2.45) is 22.9 Å². The Balaban J connectivity index is 1.39. The minimum atomic E-state index is -0.872. The third-order valence-electron chi connectivity index (χ3n) is 5.74. The Bertz CT molecular complexity index is 1150. The molecule has 5 rings (SSSR count). The fourth-order valence-corrected chi connectivity index (χ4v) is 4.99. The van der Waals surface area contributed by atoms with Crippen LogP contribution in [0.2, 0.25) is 0 Å². The van der Waals surface area contributed by atoms with Crippen LogP contribution in [-0.4, -0.2) is 46.2 Å². The van der Waals surface area contributed by atoms with Gasteiger partial charge in [0.15, 0.2) is 12.1 Å². The minimum Gasteiger partial charge on any atom is -0.344 e. The molecule has 2 bridgehead atoms. The maximum Gasteiger partial charge on any atom is 0.277 e. The van der Waals surface area contributed by atoms with Crippen LogP contribution in [0.1, 0.15) is 20.0 Å². The number of non-ortho nitro benzene ring substituents is 2. The van der Waals surface area contributed by atoms with Crippen LogP contribution < -0.4 is 5.43 Å². The number of hydrazone groups is 1. The van der Waals surface area contributed by atoms with Gasteiger partial charge in [-0.3, -0.25) is 29.8 Å². The average molecular weight is 458 g/mol. The molecular weight excluding hydrogens is 444 g/mol. The highest BCUT2D eigenvalue weighted by atomic mass is 32.1. The number of ether oxygens (including phenoxy) is 2. The van der Waals surface area contributed by atoms with Crippen molar-refractivity contribution >= 4 is 40.1 Å². The summed E-state index contributed by atoms with van der Waals surface area (Å²) < 4.78 is 11.3. The van der Waals surface area contributed by atoms with E-state index >= 15 is 0 Å². The number of nitrogens with one attached hydrogen (secondary N) is 1. The van der Waals surface area contributed by atoms with Gasteiger partial charge in [0.1, 0.15) is 0 Å². The molecular formula is C19H14N4O8S. The molecule has 12 nitrogen and oxygen atoms in total. The standard InChI is InChI=1S/C19H14N4O8S/c24-17(12-2-1-3-32-12)15-13-11-7-30-19(31-11)16(14(13)15)20-21-18(25)8-4-9(22(26)27)6-10(5-8)23(28)29/h1-6,11,13-15,19H,7H2,(H,21,25)/t11-,13+,14-,15+,19+/m1/s1. The first-order valence-corrected chi connectivity index (χ1v) is 10.4. The molecule has 2 aromatic rings. The van der Waals surface area contributed by atoms with Gasteiger partial charge in [0.05, 0.1) is 44.8 Å². The number of thiophene rings is 1. The molecule has 1 aromatic carbocycles. The van der Waals surface area contributed by atoms with Gasteiger partial charge in [0.2, 0.25) is 0 Å². The Hall–Kier alpha value is -3.55. The number of hydrogen-bond acceptors (Lipinski definition) is 10. The molecule has 0 radical (unpaired) electrons. The largest absolute Gasteiger partial charge is 0.344 e. The van der Waals surface area contributed by atoms with Crippen molar-refractivity contribution in [3.05, 3.63) is 66.4 Å². The molecule has 5 atom stereocenters. The van der Waals surface area contributed by atoms with Gasteiger partial charge in [-0.1, -0.05) is 6.07 Å². The van der Waals surface area contributed by atoms with Gasteiger partial charge in [0.25, 0.3) is 17.3 Å². The van der Waals surface area contributed by atoms with Crippen molar-refractivity contribution in [1.82, 2.24) is 5.43 Å². The molecule has 13 heteroatoms. The van der Waals surface area contributed by atoms with Crippen LogP contribution in [0.4, 0.5) is 11.4 Å². The van der Waals surface area contributed by atoms with E-state index in [0.717, 1.165) is 18.2 Å². The highest BCUT2D eigenvalue weighted by Crippen LogP contribution is 2.57. The van der Waals surface area contributed by atoms with E-state index < -0.39 is 33.4 Å². The quantitative estimate of drug-likeness (QED) is 0.391. The number of hydrogen-bond donors (Lipinski definition) is 1. The van der Waals surface area contributed by atoms with E-state index in [9.17, 15) is 29.8 Å². The van der Waals surface area contributed by atoms with Crippen LogP contribution in [0.3, 0.4) is 0 Å². The van der Waals surface area contributed by atoms with E-state index in [1.54, 1.807) is 12.1 Å². The van der Waals surface area contributed by atoms with Gasteiger partial charge in [0, 0.05) is 29.9 Å². The molecule has 0 spiro atoms. The maximum absolute atomic E-state index is 12.9. The second kappa shape index (κ2) is 7.55. The Morgan fingerprint density at radius 2 is 1.88 bits per heavy atom. The zero-order valence-electron chi connectivity index (χ0n) is 16.1. The summed E-state index contributed by atoms with van der Waals surface area (Å²) in [5.74, 6) is -1.59. The normalized spacial score (nSPS) is 28.8. The summed E-state index contributed by atoms with van der Waals surface area (Å²) in [6, 6.07) is 6.15. The Labute approximate surface area is 183 Å². The monoisotopic (exact) mass is 458 g/mol. The van der Waals surface area contributed by atoms with Crippen molar-refractivity contribution < 1.29 is 28.9 Å².